The monoisotopic (exact) mass is 462 g/mol. The lowest BCUT2D eigenvalue weighted by Crippen LogP contribution is -2.20. The molecule has 10 heteroatoms. The smallest absolute Gasteiger partial charge is 0.250 e. The number of rotatable bonds is 10. The molecular formula is C23H22N6O3S. The van der Waals surface area contributed by atoms with Gasteiger partial charge in [0.2, 0.25) is 0 Å². The van der Waals surface area contributed by atoms with Crippen molar-refractivity contribution in [1.82, 2.24) is 20.2 Å². The van der Waals surface area contributed by atoms with Gasteiger partial charge in [-0.15, -0.1) is 10.2 Å². The molecule has 0 radical (unpaired) electrons. The van der Waals surface area contributed by atoms with Gasteiger partial charge in [-0.1, -0.05) is 42.1 Å². The maximum absolute atomic E-state index is 12.2. The summed E-state index contributed by atoms with van der Waals surface area (Å²) in [6, 6.07) is 20.9. The predicted molar refractivity (Wildman–Crippen MR) is 127 cm³/mol. The van der Waals surface area contributed by atoms with Crippen LogP contribution in [0.1, 0.15) is 11.6 Å². The molecule has 2 aromatic carbocycles. The lowest BCUT2D eigenvalue weighted by atomic mass is 10.3. The van der Waals surface area contributed by atoms with Crippen molar-refractivity contribution in [2.24, 2.45) is 5.10 Å². The molecule has 2 aromatic heterocycles. The number of hydrogen-bond donors (Lipinski definition) is 2. The quantitative estimate of drug-likeness (QED) is 0.210. The second-order valence-corrected chi connectivity index (χ2v) is 7.66. The van der Waals surface area contributed by atoms with E-state index >= 15 is 0 Å². The molecule has 2 N–H and O–H groups in total. The minimum Gasteiger partial charge on any atom is -0.495 e. The SMILES string of the molecule is COc1ccccc1NCc1nnc(SCC(=O)NN=Cc2ccco2)n1-c1ccccc1. The van der Waals surface area contributed by atoms with Crippen LogP contribution in [0.25, 0.3) is 5.69 Å². The summed E-state index contributed by atoms with van der Waals surface area (Å²) >= 11 is 1.28. The number of anilines is 1. The summed E-state index contributed by atoms with van der Waals surface area (Å²) in [4.78, 5) is 12.2. The first kappa shape index (κ1) is 22.2. The van der Waals surface area contributed by atoms with Crippen LogP contribution in [0, 0.1) is 0 Å². The van der Waals surface area contributed by atoms with Gasteiger partial charge in [0.25, 0.3) is 5.91 Å². The molecule has 33 heavy (non-hydrogen) atoms. The molecule has 0 bridgehead atoms. The molecule has 0 unspecified atom stereocenters. The molecule has 0 fully saturated rings. The number of hydrogen-bond acceptors (Lipinski definition) is 8. The number of nitrogens with zero attached hydrogens (tertiary/aromatic N) is 4. The number of nitrogens with one attached hydrogen (secondary N) is 2. The van der Waals surface area contributed by atoms with E-state index in [2.05, 4.69) is 26.0 Å². The van der Waals surface area contributed by atoms with Crippen LogP contribution < -0.4 is 15.5 Å². The summed E-state index contributed by atoms with van der Waals surface area (Å²) in [5, 5.41) is 16.5. The number of aromatic nitrogens is 3. The zero-order valence-corrected chi connectivity index (χ0v) is 18.7. The Morgan fingerprint density at radius 2 is 1.94 bits per heavy atom. The number of hydrazone groups is 1. The molecule has 1 amide bonds. The number of carbonyl (C=O) groups is 1. The highest BCUT2D eigenvalue weighted by molar-refractivity contribution is 7.99. The first-order valence-corrected chi connectivity index (χ1v) is 11.1. The van der Waals surface area contributed by atoms with Crippen LogP contribution in [0.4, 0.5) is 5.69 Å². The maximum Gasteiger partial charge on any atom is 0.250 e. The molecule has 9 nitrogen and oxygen atoms in total. The Bertz CT molecular complexity index is 1210. The van der Waals surface area contributed by atoms with Gasteiger partial charge in [0, 0.05) is 5.69 Å². The molecule has 2 heterocycles. The summed E-state index contributed by atoms with van der Waals surface area (Å²) in [5.74, 6) is 1.86. The van der Waals surface area contributed by atoms with Gasteiger partial charge in [-0.05, 0) is 36.4 Å². The van der Waals surface area contributed by atoms with Crippen LogP contribution in [0.5, 0.6) is 5.75 Å². The molecule has 168 valence electrons. The Balaban J connectivity index is 1.46. The van der Waals surface area contributed by atoms with E-state index in [1.165, 1.54) is 24.2 Å². The second-order valence-electron chi connectivity index (χ2n) is 6.72. The van der Waals surface area contributed by atoms with Crippen LogP contribution in [-0.4, -0.2) is 39.7 Å². The minimum atomic E-state index is -0.265. The zero-order valence-electron chi connectivity index (χ0n) is 17.8. The van der Waals surface area contributed by atoms with Gasteiger partial charge in [-0.2, -0.15) is 5.10 Å². The highest BCUT2D eigenvalue weighted by Gasteiger charge is 2.16. The number of furan rings is 1. The standard InChI is InChI=1S/C23H22N6O3S/c1-31-20-12-6-5-11-19(20)24-15-21-26-28-23(29(21)17-8-3-2-4-9-17)33-16-22(30)27-25-14-18-10-7-13-32-18/h2-14,24H,15-16H2,1H3,(H,27,30). The Morgan fingerprint density at radius 3 is 2.73 bits per heavy atom. The number of benzene rings is 2. The number of ether oxygens (including phenoxy) is 1. The maximum atomic E-state index is 12.2. The average Bonchev–Trinajstić information content (AvgIpc) is 3.52. The third-order valence-corrected chi connectivity index (χ3v) is 5.44. The molecule has 0 saturated heterocycles. The molecule has 4 aromatic rings. The molecule has 0 spiro atoms. The lowest BCUT2D eigenvalue weighted by molar-refractivity contribution is -0.118. The summed E-state index contributed by atoms with van der Waals surface area (Å²) in [6.07, 6.45) is 2.98. The van der Waals surface area contributed by atoms with Gasteiger partial charge >= 0.3 is 0 Å². The lowest BCUT2D eigenvalue weighted by Gasteiger charge is -2.13. The average molecular weight is 463 g/mol. The van der Waals surface area contributed by atoms with Gasteiger partial charge in [-0.25, -0.2) is 5.43 Å². The zero-order chi connectivity index (χ0) is 22.9. The second kappa shape index (κ2) is 11.0. The van der Waals surface area contributed by atoms with Crippen LogP contribution in [-0.2, 0) is 11.3 Å². The van der Waals surface area contributed by atoms with Crippen molar-refractivity contribution in [1.29, 1.82) is 0 Å². The minimum absolute atomic E-state index is 0.125. The van der Waals surface area contributed by atoms with Gasteiger partial charge in [-0.3, -0.25) is 9.36 Å². The summed E-state index contributed by atoms with van der Waals surface area (Å²) in [7, 11) is 1.63. The van der Waals surface area contributed by atoms with E-state index in [9.17, 15) is 4.79 Å². The van der Waals surface area contributed by atoms with E-state index in [0.29, 0.717) is 23.3 Å². The molecule has 0 aliphatic rings. The number of carbonyl (C=O) groups excluding carboxylic acids is 1. The van der Waals surface area contributed by atoms with Crippen LogP contribution in [0.2, 0.25) is 0 Å². The van der Waals surface area contributed by atoms with E-state index < -0.39 is 0 Å². The molecule has 0 aliphatic heterocycles. The number of thioether (sulfide) groups is 1. The van der Waals surface area contributed by atoms with Gasteiger partial charge in [0.05, 0.1) is 37.6 Å². The van der Waals surface area contributed by atoms with Crippen molar-refractivity contribution in [3.8, 4) is 11.4 Å². The van der Waals surface area contributed by atoms with Crippen molar-refractivity contribution in [2.45, 2.75) is 11.7 Å². The fourth-order valence-corrected chi connectivity index (χ4v) is 3.77. The van der Waals surface area contributed by atoms with Gasteiger partial charge in [0.1, 0.15) is 11.5 Å². The number of para-hydroxylation sites is 3. The fourth-order valence-electron chi connectivity index (χ4n) is 3.00. The summed E-state index contributed by atoms with van der Waals surface area (Å²) < 4.78 is 12.5. The Kier molecular flexibility index (Phi) is 7.39. The Hall–Kier alpha value is -4.05. The number of methoxy groups -OCH3 is 1. The van der Waals surface area contributed by atoms with Gasteiger partial charge < -0.3 is 14.5 Å². The van der Waals surface area contributed by atoms with E-state index in [1.807, 2.05) is 59.2 Å². The molecule has 0 aliphatic carbocycles. The summed E-state index contributed by atoms with van der Waals surface area (Å²) in [5.41, 5.74) is 4.24. The van der Waals surface area contributed by atoms with Crippen LogP contribution >= 0.6 is 11.8 Å². The van der Waals surface area contributed by atoms with Crippen LogP contribution in [0.15, 0.2) is 87.7 Å². The van der Waals surface area contributed by atoms with Crippen molar-refractivity contribution < 1.29 is 13.9 Å². The van der Waals surface area contributed by atoms with Gasteiger partial charge in [0.15, 0.2) is 11.0 Å². The first-order chi connectivity index (χ1) is 16.2. The fraction of sp³-hybridized carbons (Fsp3) is 0.130. The van der Waals surface area contributed by atoms with E-state index in [1.54, 1.807) is 19.2 Å². The van der Waals surface area contributed by atoms with E-state index in [-0.39, 0.29) is 11.7 Å². The first-order valence-electron chi connectivity index (χ1n) is 10.1. The molecule has 0 saturated carbocycles. The molecular weight excluding hydrogens is 440 g/mol. The highest BCUT2D eigenvalue weighted by atomic mass is 32.2. The van der Waals surface area contributed by atoms with Crippen molar-refractivity contribution in [3.63, 3.8) is 0 Å². The molecule has 0 atom stereocenters. The highest BCUT2D eigenvalue weighted by Crippen LogP contribution is 2.25. The summed E-state index contributed by atoms with van der Waals surface area (Å²) in [6.45, 7) is 0.419. The number of amides is 1. The van der Waals surface area contributed by atoms with Crippen molar-refractivity contribution in [3.05, 3.63) is 84.6 Å². The van der Waals surface area contributed by atoms with Crippen molar-refractivity contribution >= 4 is 29.6 Å². The topological polar surface area (TPSA) is 107 Å². The van der Waals surface area contributed by atoms with Crippen molar-refractivity contribution in [2.75, 3.05) is 18.2 Å². The van der Waals surface area contributed by atoms with E-state index in [4.69, 9.17) is 9.15 Å². The third-order valence-electron chi connectivity index (χ3n) is 4.52. The predicted octanol–water partition coefficient (Wildman–Crippen LogP) is 3.72. The molecule has 4 rings (SSSR count). The third kappa shape index (κ3) is 5.80. The van der Waals surface area contributed by atoms with Crippen LogP contribution in [0.3, 0.4) is 0 Å². The Morgan fingerprint density at radius 1 is 1.12 bits per heavy atom. The van der Waals surface area contributed by atoms with E-state index in [0.717, 1.165) is 17.1 Å². The Labute approximate surface area is 194 Å². The normalized spacial score (nSPS) is 10.9. The largest absolute Gasteiger partial charge is 0.495 e.